The largest absolute Gasteiger partial charge is 0.462 e. The van der Waals surface area contributed by atoms with E-state index in [4.69, 9.17) is 9.47 Å². The third-order valence-corrected chi connectivity index (χ3v) is 1.97. The van der Waals surface area contributed by atoms with Crippen molar-refractivity contribution in [3.63, 3.8) is 0 Å². The molecule has 6 heteroatoms. The summed E-state index contributed by atoms with van der Waals surface area (Å²) < 4.78 is 9.67. The number of aliphatic imine (C=N–C) groups is 1. The van der Waals surface area contributed by atoms with Crippen LogP contribution < -0.4 is 0 Å². The number of rotatable bonds is 9. The van der Waals surface area contributed by atoms with Crippen molar-refractivity contribution in [3.05, 3.63) is 25.3 Å². The number of ether oxygens (including phenoxy) is 2. The average molecular weight is 253 g/mol. The Morgan fingerprint density at radius 3 is 2.06 bits per heavy atom. The second-order valence-electron chi connectivity index (χ2n) is 3.30. The van der Waals surface area contributed by atoms with E-state index in [0.717, 1.165) is 12.2 Å². The monoisotopic (exact) mass is 253 g/mol. The van der Waals surface area contributed by atoms with E-state index in [1.165, 1.54) is 6.08 Å². The van der Waals surface area contributed by atoms with Gasteiger partial charge in [0.25, 0.3) is 0 Å². The first-order valence-electron chi connectivity index (χ1n) is 5.26. The van der Waals surface area contributed by atoms with Crippen molar-refractivity contribution in [2.24, 2.45) is 10.9 Å². The fraction of sp³-hybridized carbons (Fsp3) is 0.417. The summed E-state index contributed by atoms with van der Waals surface area (Å²) in [6.07, 6.45) is 3.91. The van der Waals surface area contributed by atoms with Gasteiger partial charge in [-0.2, -0.15) is 0 Å². The number of carbonyl (C=O) groups excluding carboxylic acids is 3. The highest BCUT2D eigenvalue weighted by Crippen LogP contribution is 2.06. The predicted molar refractivity (Wildman–Crippen MR) is 63.4 cm³/mol. The van der Waals surface area contributed by atoms with Gasteiger partial charge in [0.05, 0.1) is 19.8 Å². The molecule has 0 aliphatic carbocycles. The standard InChI is InChI=1S/C12H15NO5/c1-3-11(15)17-7-10(5-6-13-9-14)8-18-12(16)4-2/h3-4,10H,1-2,5-8H2. The van der Waals surface area contributed by atoms with Gasteiger partial charge in [-0.05, 0) is 6.42 Å². The Balaban J connectivity index is 4.17. The molecule has 0 heterocycles. The van der Waals surface area contributed by atoms with Gasteiger partial charge in [0.1, 0.15) is 0 Å². The fourth-order valence-corrected chi connectivity index (χ4v) is 1.03. The van der Waals surface area contributed by atoms with Crippen LogP contribution in [0.2, 0.25) is 0 Å². The molecule has 0 saturated carbocycles. The van der Waals surface area contributed by atoms with E-state index in [-0.39, 0.29) is 25.7 Å². The predicted octanol–water partition coefficient (Wildman–Crippen LogP) is 0.787. The highest BCUT2D eigenvalue weighted by molar-refractivity contribution is 5.81. The molecular formula is C12H15NO5. The molecule has 0 aromatic carbocycles. The third-order valence-electron chi connectivity index (χ3n) is 1.97. The zero-order valence-electron chi connectivity index (χ0n) is 9.96. The van der Waals surface area contributed by atoms with Crippen molar-refractivity contribution in [3.8, 4) is 0 Å². The van der Waals surface area contributed by atoms with Crippen LogP contribution >= 0.6 is 0 Å². The third kappa shape index (κ3) is 8.01. The lowest BCUT2D eigenvalue weighted by atomic mass is 10.1. The second-order valence-corrected chi connectivity index (χ2v) is 3.30. The molecule has 0 radical (unpaired) electrons. The molecule has 0 aromatic rings. The molecule has 6 nitrogen and oxygen atoms in total. The lowest BCUT2D eigenvalue weighted by molar-refractivity contribution is -0.142. The highest BCUT2D eigenvalue weighted by Gasteiger charge is 2.13. The summed E-state index contributed by atoms with van der Waals surface area (Å²) in [4.78, 5) is 35.1. The van der Waals surface area contributed by atoms with Crippen LogP contribution in [0.3, 0.4) is 0 Å². The van der Waals surface area contributed by atoms with Gasteiger partial charge in [-0.1, -0.05) is 13.2 Å². The maximum absolute atomic E-state index is 10.9. The van der Waals surface area contributed by atoms with Crippen molar-refractivity contribution in [2.75, 3.05) is 19.8 Å². The molecule has 0 saturated heterocycles. The summed E-state index contributed by atoms with van der Waals surface area (Å²) in [7, 11) is 0. The minimum Gasteiger partial charge on any atom is -0.462 e. The smallest absolute Gasteiger partial charge is 0.330 e. The van der Waals surface area contributed by atoms with Gasteiger partial charge >= 0.3 is 11.9 Å². The molecule has 0 rings (SSSR count). The van der Waals surface area contributed by atoms with Gasteiger partial charge in [-0.15, -0.1) is 0 Å². The molecule has 0 N–H and O–H groups in total. The van der Waals surface area contributed by atoms with E-state index in [0.29, 0.717) is 6.42 Å². The quantitative estimate of drug-likeness (QED) is 0.262. The number of hydrogen-bond donors (Lipinski definition) is 0. The number of nitrogens with zero attached hydrogens (tertiary/aromatic N) is 1. The molecule has 0 amide bonds. The Labute approximate surface area is 105 Å². The summed E-state index contributed by atoms with van der Waals surface area (Å²) in [6.45, 7) is 6.86. The Morgan fingerprint density at radius 1 is 1.17 bits per heavy atom. The summed E-state index contributed by atoms with van der Waals surface area (Å²) in [5.74, 6) is -1.36. The molecule has 0 fully saturated rings. The van der Waals surface area contributed by atoms with Gasteiger partial charge in [0, 0.05) is 18.1 Å². The van der Waals surface area contributed by atoms with E-state index < -0.39 is 11.9 Å². The lowest BCUT2D eigenvalue weighted by Gasteiger charge is -2.14. The van der Waals surface area contributed by atoms with Gasteiger partial charge < -0.3 is 9.47 Å². The van der Waals surface area contributed by atoms with E-state index in [1.54, 1.807) is 0 Å². The number of carbonyl (C=O) groups is 2. The fourth-order valence-electron chi connectivity index (χ4n) is 1.03. The molecule has 0 aliphatic heterocycles. The van der Waals surface area contributed by atoms with Crippen LogP contribution in [-0.4, -0.2) is 37.8 Å². The van der Waals surface area contributed by atoms with Crippen molar-refractivity contribution >= 4 is 18.0 Å². The van der Waals surface area contributed by atoms with Crippen LogP contribution in [-0.2, 0) is 23.9 Å². The molecule has 0 aromatic heterocycles. The van der Waals surface area contributed by atoms with Crippen LogP contribution in [0.5, 0.6) is 0 Å². The minimum absolute atomic E-state index is 0.0592. The Morgan fingerprint density at radius 2 is 1.67 bits per heavy atom. The van der Waals surface area contributed by atoms with Crippen molar-refractivity contribution in [1.29, 1.82) is 0 Å². The molecular weight excluding hydrogens is 238 g/mol. The highest BCUT2D eigenvalue weighted by atomic mass is 16.5. The average Bonchev–Trinajstić information content (AvgIpc) is 2.40. The number of esters is 2. The van der Waals surface area contributed by atoms with Crippen molar-refractivity contribution in [1.82, 2.24) is 0 Å². The summed E-state index contributed by atoms with van der Waals surface area (Å²) >= 11 is 0. The summed E-state index contributed by atoms with van der Waals surface area (Å²) in [6, 6.07) is 0. The first-order chi connectivity index (χ1) is 8.63. The van der Waals surface area contributed by atoms with Crippen LogP contribution in [0, 0.1) is 5.92 Å². The Hall–Kier alpha value is -2.20. The molecule has 18 heavy (non-hydrogen) atoms. The first kappa shape index (κ1) is 15.8. The zero-order chi connectivity index (χ0) is 13.8. The van der Waals surface area contributed by atoms with Gasteiger partial charge in [-0.25, -0.2) is 19.4 Å². The molecule has 0 bridgehead atoms. The molecule has 0 spiro atoms. The first-order valence-corrected chi connectivity index (χ1v) is 5.26. The van der Waals surface area contributed by atoms with E-state index in [1.807, 2.05) is 0 Å². The number of hydrogen-bond acceptors (Lipinski definition) is 6. The van der Waals surface area contributed by atoms with Crippen molar-refractivity contribution in [2.45, 2.75) is 6.42 Å². The molecule has 0 unspecified atom stereocenters. The van der Waals surface area contributed by atoms with Crippen LogP contribution in [0.1, 0.15) is 6.42 Å². The minimum atomic E-state index is -0.561. The van der Waals surface area contributed by atoms with Crippen molar-refractivity contribution < 1.29 is 23.9 Å². The Kier molecular flexibility index (Phi) is 8.77. The van der Waals surface area contributed by atoms with Crippen LogP contribution in [0.4, 0.5) is 0 Å². The second kappa shape index (κ2) is 9.99. The van der Waals surface area contributed by atoms with Crippen LogP contribution in [0.25, 0.3) is 0 Å². The van der Waals surface area contributed by atoms with Gasteiger partial charge in [0.15, 0.2) is 0 Å². The van der Waals surface area contributed by atoms with E-state index in [9.17, 15) is 14.4 Å². The maximum atomic E-state index is 10.9. The van der Waals surface area contributed by atoms with Gasteiger partial charge in [-0.3, -0.25) is 0 Å². The summed E-state index contributed by atoms with van der Waals surface area (Å²) in [5.41, 5.74) is 0. The number of isocyanates is 1. The summed E-state index contributed by atoms with van der Waals surface area (Å²) in [5, 5.41) is 0. The topological polar surface area (TPSA) is 82.0 Å². The molecule has 0 aliphatic rings. The van der Waals surface area contributed by atoms with Crippen LogP contribution in [0.15, 0.2) is 30.3 Å². The van der Waals surface area contributed by atoms with Gasteiger partial charge in [0.2, 0.25) is 6.08 Å². The lowest BCUT2D eigenvalue weighted by Crippen LogP contribution is -2.20. The maximum Gasteiger partial charge on any atom is 0.330 e. The van der Waals surface area contributed by atoms with E-state index in [2.05, 4.69) is 18.2 Å². The zero-order valence-corrected chi connectivity index (χ0v) is 9.96. The van der Waals surface area contributed by atoms with E-state index >= 15 is 0 Å². The molecule has 0 atom stereocenters. The SMILES string of the molecule is C=CC(=O)OCC(CCN=C=O)COC(=O)C=C. The molecule has 98 valence electrons. The normalized spacial score (nSPS) is 9.17. The Bertz CT molecular complexity index is 333.